The van der Waals surface area contributed by atoms with Crippen molar-refractivity contribution in [3.63, 3.8) is 0 Å². The predicted octanol–water partition coefficient (Wildman–Crippen LogP) is -5.40. The maximum Gasteiger partial charge on any atom is 0.219 e. The van der Waals surface area contributed by atoms with Gasteiger partial charge in [0.1, 0.15) is 42.7 Å². The van der Waals surface area contributed by atoms with Crippen LogP contribution in [0.15, 0.2) is 0 Å². The molecule has 0 saturated carbocycles. The molecule has 0 bridgehead atoms. The SMILES string of the molecule is OC[C@H]1O[C@@H](O[C@@H]2[C@@H](CO)OC(O)(CO)[C@H]2O)[C@H](O)[C@@H](O)[C@H]1O. The fraction of sp³-hybridized carbons (Fsp3) is 1.00. The van der Waals surface area contributed by atoms with Crippen LogP contribution in [0.4, 0.5) is 0 Å². The van der Waals surface area contributed by atoms with Gasteiger partial charge in [-0.1, -0.05) is 0 Å². The van der Waals surface area contributed by atoms with E-state index in [1.165, 1.54) is 0 Å². The molecular formula is C12H22O11. The van der Waals surface area contributed by atoms with E-state index >= 15 is 0 Å². The first kappa shape index (κ1) is 18.9. The van der Waals surface area contributed by atoms with Crippen molar-refractivity contribution < 1.29 is 55.1 Å². The van der Waals surface area contributed by atoms with E-state index in [0.29, 0.717) is 0 Å². The molecule has 0 spiro atoms. The number of ether oxygens (including phenoxy) is 3. The molecule has 2 aliphatic heterocycles. The third-order valence-electron chi connectivity index (χ3n) is 4.04. The Bertz CT molecular complexity index is 393. The number of aliphatic hydroxyl groups is 8. The number of rotatable bonds is 5. The molecule has 2 fully saturated rings. The topological polar surface area (TPSA) is 190 Å². The number of aliphatic hydroxyl groups excluding tert-OH is 7. The zero-order valence-electron chi connectivity index (χ0n) is 12.0. The van der Waals surface area contributed by atoms with E-state index in [9.17, 15) is 30.6 Å². The highest BCUT2D eigenvalue weighted by molar-refractivity contribution is 4.98. The van der Waals surface area contributed by atoms with E-state index in [4.69, 9.17) is 24.4 Å². The van der Waals surface area contributed by atoms with E-state index in [1.807, 2.05) is 0 Å². The number of hydrogen-bond donors (Lipinski definition) is 8. The molecule has 11 nitrogen and oxygen atoms in total. The third kappa shape index (κ3) is 3.36. The summed E-state index contributed by atoms with van der Waals surface area (Å²) in [7, 11) is 0. The number of hydrogen-bond acceptors (Lipinski definition) is 11. The summed E-state index contributed by atoms with van der Waals surface area (Å²) in [4.78, 5) is 0. The lowest BCUT2D eigenvalue weighted by Gasteiger charge is -2.41. The predicted molar refractivity (Wildman–Crippen MR) is 68.6 cm³/mol. The molecule has 0 radical (unpaired) electrons. The summed E-state index contributed by atoms with van der Waals surface area (Å²) in [5, 5.41) is 76.5. The zero-order chi connectivity index (χ0) is 17.4. The average molecular weight is 342 g/mol. The van der Waals surface area contributed by atoms with E-state index in [-0.39, 0.29) is 0 Å². The van der Waals surface area contributed by atoms with Crippen LogP contribution in [0.25, 0.3) is 0 Å². The molecule has 0 aromatic heterocycles. The molecular weight excluding hydrogens is 320 g/mol. The highest BCUT2D eigenvalue weighted by Crippen LogP contribution is 2.33. The van der Waals surface area contributed by atoms with Crippen molar-refractivity contribution in [3.8, 4) is 0 Å². The van der Waals surface area contributed by atoms with Crippen LogP contribution >= 0.6 is 0 Å². The van der Waals surface area contributed by atoms with Gasteiger partial charge in [-0.25, -0.2) is 0 Å². The summed E-state index contributed by atoms with van der Waals surface area (Å²) in [6.45, 7) is -2.32. The first-order valence-corrected chi connectivity index (χ1v) is 7.05. The Balaban J connectivity index is 2.13. The lowest BCUT2D eigenvalue weighted by Crippen LogP contribution is -2.60. The maximum atomic E-state index is 10.00. The van der Waals surface area contributed by atoms with Crippen molar-refractivity contribution in [2.45, 2.75) is 54.8 Å². The van der Waals surface area contributed by atoms with Gasteiger partial charge >= 0.3 is 0 Å². The minimum atomic E-state index is -2.37. The second kappa shape index (κ2) is 7.21. The van der Waals surface area contributed by atoms with Crippen molar-refractivity contribution in [1.82, 2.24) is 0 Å². The van der Waals surface area contributed by atoms with Crippen LogP contribution in [0, 0.1) is 0 Å². The lowest BCUT2D eigenvalue weighted by molar-refractivity contribution is -0.318. The normalized spacial score (nSPS) is 51.1. The Kier molecular flexibility index (Phi) is 5.92. The molecule has 23 heavy (non-hydrogen) atoms. The van der Waals surface area contributed by atoms with Gasteiger partial charge in [-0.2, -0.15) is 0 Å². The maximum absolute atomic E-state index is 10.00. The first-order valence-electron chi connectivity index (χ1n) is 7.05. The van der Waals surface area contributed by atoms with Crippen LogP contribution in [0.3, 0.4) is 0 Å². The summed E-state index contributed by atoms with van der Waals surface area (Å²) in [5.74, 6) is -2.37. The highest BCUT2D eigenvalue weighted by atomic mass is 16.7. The molecule has 11 heteroatoms. The Morgan fingerprint density at radius 1 is 0.870 bits per heavy atom. The molecule has 136 valence electrons. The summed E-state index contributed by atoms with van der Waals surface area (Å²) < 4.78 is 15.3. The largest absolute Gasteiger partial charge is 0.394 e. The van der Waals surface area contributed by atoms with Gasteiger partial charge < -0.3 is 55.1 Å². The first-order chi connectivity index (χ1) is 10.8. The fourth-order valence-corrected chi connectivity index (χ4v) is 2.63. The van der Waals surface area contributed by atoms with Gasteiger partial charge in [0.15, 0.2) is 6.29 Å². The minimum Gasteiger partial charge on any atom is -0.394 e. The average Bonchev–Trinajstić information content (AvgIpc) is 2.80. The van der Waals surface area contributed by atoms with Crippen LogP contribution in [0.1, 0.15) is 0 Å². The van der Waals surface area contributed by atoms with Crippen molar-refractivity contribution in [3.05, 3.63) is 0 Å². The van der Waals surface area contributed by atoms with Crippen molar-refractivity contribution in [2.24, 2.45) is 0 Å². The van der Waals surface area contributed by atoms with E-state index < -0.39 is 74.6 Å². The third-order valence-corrected chi connectivity index (χ3v) is 4.04. The smallest absolute Gasteiger partial charge is 0.219 e. The zero-order valence-corrected chi connectivity index (χ0v) is 12.0. The molecule has 2 rings (SSSR count). The second-order valence-electron chi connectivity index (χ2n) is 5.58. The van der Waals surface area contributed by atoms with Gasteiger partial charge in [0.25, 0.3) is 0 Å². The molecule has 2 saturated heterocycles. The van der Waals surface area contributed by atoms with Gasteiger partial charge in [-0.05, 0) is 0 Å². The molecule has 2 heterocycles. The summed E-state index contributed by atoms with van der Waals surface area (Å²) >= 11 is 0. The van der Waals surface area contributed by atoms with Gasteiger partial charge in [0.2, 0.25) is 5.79 Å². The van der Waals surface area contributed by atoms with Crippen molar-refractivity contribution >= 4 is 0 Å². The molecule has 9 atom stereocenters. The van der Waals surface area contributed by atoms with Crippen LogP contribution in [0.5, 0.6) is 0 Å². The van der Waals surface area contributed by atoms with Crippen LogP contribution in [-0.4, -0.2) is 115 Å². The fourth-order valence-electron chi connectivity index (χ4n) is 2.63. The van der Waals surface area contributed by atoms with Crippen LogP contribution < -0.4 is 0 Å². The van der Waals surface area contributed by atoms with E-state index in [2.05, 4.69) is 0 Å². The van der Waals surface area contributed by atoms with E-state index in [1.54, 1.807) is 0 Å². The summed E-state index contributed by atoms with van der Waals surface area (Å²) in [6.07, 6.45) is -12.2. The Hall–Kier alpha value is -0.440. The standard InChI is InChI=1S/C12H22O11/c13-1-4-6(16)7(17)8(18)11(21-4)22-9-5(2-14)23-12(20,3-15)10(9)19/h4-11,13-20H,1-3H2/t4-,5-,6+,7+,8-,9-,10+,11+,12?/m1/s1. The Labute approximate surface area is 130 Å². The van der Waals surface area contributed by atoms with Crippen LogP contribution in [0.2, 0.25) is 0 Å². The van der Waals surface area contributed by atoms with Gasteiger partial charge in [0.05, 0.1) is 19.8 Å². The second-order valence-corrected chi connectivity index (χ2v) is 5.58. The van der Waals surface area contributed by atoms with Gasteiger partial charge in [-0.3, -0.25) is 0 Å². The van der Waals surface area contributed by atoms with Crippen molar-refractivity contribution in [1.29, 1.82) is 0 Å². The summed E-state index contributed by atoms with van der Waals surface area (Å²) in [6, 6.07) is 0. The molecule has 0 amide bonds. The molecule has 0 aromatic carbocycles. The lowest BCUT2D eigenvalue weighted by atomic mass is 9.99. The van der Waals surface area contributed by atoms with Crippen LogP contribution in [-0.2, 0) is 14.2 Å². The van der Waals surface area contributed by atoms with Gasteiger partial charge in [0, 0.05) is 0 Å². The molecule has 1 unspecified atom stereocenters. The quantitative estimate of drug-likeness (QED) is 0.238. The van der Waals surface area contributed by atoms with Crippen molar-refractivity contribution in [2.75, 3.05) is 19.8 Å². The molecule has 8 N–H and O–H groups in total. The van der Waals surface area contributed by atoms with Gasteiger partial charge in [-0.15, -0.1) is 0 Å². The highest BCUT2D eigenvalue weighted by Gasteiger charge is 2.56. The monoisotopic (exact) mass is 342 g/mol. The Morgan fingerprint density at radius 3 is 2.00 bits per heavy atom. The summed E-state index contributed by atoms with van der Waals surface area (Å²) in [5.41, 5.74) is 0. The van der Waals surface area contributed by atoms with E-state index in [0.717, 1.165) is 0 Å². The molecule has 2 aliphatic rings. The molecule has 0 aromatic rings. The Morgan fingerprint density at radius 2 is 1.48 bits per heavy atom. The minimum absolute atomic E-state index is 0.668. The molecule has 0 aliphatic carbocycles.